The van der Waals surface area contributed by atoms with Crippen LogP contribution >= 0.6 is 0 Å². The molecule has 194 valence electrons. The molecule has 0 saturated heterocycles. The first kappa shape index (κ1) is 24.8. The number of hydrogen-bond acceptors (Lipinski definition) is 4. The highest BCUT2D eigenvalue weighted by Crippen LogP contribution is 2.75. The van der Waals surface area contributed by atoms with E-state index in [0.717, 1.165) is 16.8 Å². The average molecular weight is 516 g/mol. The number of carbonyl (C=O) groups excluding carboxylic acids is 3. The molecule has 0 radical (unpaired) electrons. The van der Waals surface area contributed by atoms with Crippen LogP contribution in [0, 0.1) is 12.8 Å². The number of rotatable bonds is 7. The fourth-order valence-electron chi connectivity index (χ4n) is 6.60. The Morgan fingerprint density at radius 1 is 0.846 bits per heavy atom. The third-order valence-electron chi connectivity index (χ3n) is 8.19. The van der Waals surface area contributed by atoms with E-state index in [1.165, 1.54) is 0 Å². The van der Waals surface area contributed by atoms with Crippen LogP contribution in [0.15, 0.2) is 109 Å². The van der Waals surface area contributed by atoms with Crippen LogP contribution in [-0.4, -0.2) is 24.3 Å². The molecule has 39 heavy (non-hydrogen) atoms. The lowest BCUT2D eigenvalue weighted by Gasteiger charge is -2.22. The minimum atomic E-state index is -1.50. The first-order valence-electron chi connectivity index (χ1n) is 13.3. The Labute approximate surface area is 228 Å². The van der Waals surface area contributed by atoms with E-state index >= 15 is 0 Å². The summed E-state index contributed by atoms with van der Waals surface area (Å²) in [7, 11) is 0. The summed E-state index contributed by atoms with van der Waals surface area (Å²) in [6.45, 7) is 4.18. The fraction of sp³-hybridized carbons (Fsp3) is 0.206. The second kappa shape index (κ2) is 9.35. The molecule has 5 heteroatoms. The van der Waals surface area contributed by atoms with Crippen LogP contribution in [-0.2, 0) is 31.7 Å². The Morgan fingerprint density at radius 2 is 1.46 bits per heavy atom. The van der Waals surface area contributed by atoms with Gasteiger partial charge in [-0.1, -0.05) is 109 Å². The van der Waals surface area contributed by atoms with Crippen molar-refractivity contribution in [1.29, 1.82) is 0 Å². The molecule has 0 bridgehead atoms. The number of ketones is 1. The zero-order chi connectivity index (χ0) is 27.2. The van der Waals surface area contributed by atoms with Gasteiger partial charge in [0.2, 0.25) is 5.91 Å². The zero-order valence-electron chi connectivity index (χ0n) is 22.0. The summed E-state index contributed by atoms with van der Waals surface area (Å²) in [6, 6.07) is 33.8. The number of ether oxygens (including phenoxy) is 1. The molecule has 1 amide bonds. The second-order valence-electron chi connectivity index (χ2n) is 10.3. The third kappa shape index (κ3) is 3.42. The van der Waals surface area contributed by atoms with E-state index in [4.69, 9.17) is 4.74 Å². The van der Waals surface area contributed by atoms with Gasteiger partial charge in [0.15, 0.2) is 5.78 Å². The van der Waals surface area contributed by atoms with Crippen LogP contribution in [0.4, 0.5) is 5.69 Å². The molecule has 6 rings (SSSR count). The molecule has 4 aromatic rings. The van der Waals surface area contributed by atoms with Crippen LogP contribution in [0.25, 0.3) is 0 Å². The summed E-state index contributed by atoms with van der Waals surface area (Å²) in [5, 5.41) is 0. The number of benzene rings is 4. The fourth-order valence-corrected chi connectivity index (χ4v) is 6.60. The normalized spacial score (nSPS) is 23.0. The summed E-state index contributed by atoms with van der Waals surface area (Å²) in [6.07, 6.45) is 0. The molecular formula is C34H29NO4. The molecule has 2 aliphatic rings. The number of nitrogens with zero attached hydrogens (tertiary/aromatic N) is 1. The summed E-state index contributed by atoms with van der Waals surface area (Å²) >= 11 is 0. The Kier molecular flexibility index (Phi) is 5.95. The molecule has 1 heterocycles. The highest BCUT2D eigenvalue weighted by atomic mass is 16.5. The quantitative estimate of drug-likeness (QED) is 0.231. The molecule has 1 aliphatic carbocycles. The number of Topliss-reactive ketones (excluding diaryl/α,β-unsaturated/α-hetero) is 1. The van der Waals surface area contributed by atoms with E-state index in [1.54, 1.807) is 36.1 Å². The van der Waals surface area contributed by atoms with Crippen molar-refractivity contribution < 1.29 is 19.1 Å². The Hall–Kier alpha value is -4.51. The summed E-state index contributed by atoms with van der Waals surface area (Å²) < 4.78 is 5.71. The second-order valence-corrected chi connectivity index (χ2v) is 10.3. The van der Waals surface area contributed by atoms with Gasteiger partial charge < -0.3 is 9.64 Å². The zero-order valence-corrected chi connectivity index (χ0v) is 22.0. The lowest BCUT2D eigenvalue weighted by atomic mass is 9.81. The summed E-state index contributed by atoms with van der Waals surface area (Å²) in [5.41, 5.74) is 1.49. The molecule has 5 nitrogen and oxygen atoms in total. The highest BCUT2D eigenvalue weighted by molar-refractivity contribution is 6.25. The van der Waals surface area contributed by atoms with Crippen molar-refractivity contribution in [2.75, 3.05) is 11.5 Å². The van der Waals surface area contributed by atoms with Gasteiger partial charge in [0.1, 0.15) is 10.8 Å². The monoisotopic (exact) mass is 515 g/mol. The maximum Gasteiger partial charge on any atom is 0.318 e. The number of amides is 1. The molecular weight excluding hydrogens is 486 g/mol. The van der Waals surface area contributed by atoms with E-state index in [2.05, 4.69) is 0 Å². The maximum absolute atomic E-state index is 14.9. The Balaban J connectivity index is 1.64. The molecule has 1 unspecified atom stereocenters. The van der Waals surface area contributed by atoms with Crippen LogP contribution in [0.2, 0.25) is 0 Å². The van der Waals surface area contributed by atoms with Crippen LogP contribution in [0.1, 0.15) is 39.5 Å². The number of carbonyl (C=O) groups is 3. The van der Waals surface area contributed by atoms with E-state index < -0.39 is 22.7 Å². The van der Waals surface area contributed by atoms with Gasteiger partial charge in [-0.3, -0.25) is 14.4 Å². The SMILES string of the molecule is CCOC(=O)[C@]1(c2ccccc2)[C@@H](C(=O)c2ccccc2)C12C(=O)N(Cc1ccccc1)c1ccc(C)cc12. The minimum absolute atomic E-state index is 0.137. The van der Waals surface area contributed by atoms with Gasteiger partial charge in [0.05, 0.1) is 19.1 Å². The van der Waals surface area contributed by atoms with E-state index in [9.17, 15) is 14.4 Å². The molecule has 1 fully saturated rings. The molecule has 1 aliphatic heterocycles. The van der Waals surface area contributed by atoms with Gasteiger partial charge in [-0.2, -0.15) is 0 Å². The van der Waals surface area contributed by atoms with Gasteiger partial charge in [0.25, 0.3) is 0 Å². The number of fused-ring (bicyclic) bond motifs is 2. The van der Waals surface area contributed by atoms with Gasteiger partial charge >= 0.3 is 5.97 Å². The molecule has 1 saturated carbocycles. The molecule has 0 aromatic heterocycles. The number of aryl methyl sites for hydroxylation is 1. The molecule has 4 aromatic carbocycles. The van der Waals surface area contributed by atoms with Crippen molar-refractivity contribution in [3.63, 3.8) is 0 Å². The molecule has 3 atom stereocenters. The lowest BCUT2D eigenvalue weighted by Crippen LogP contribution is -2.40. The minimum Gasteiger partial charge on any atom is -0.465 e. The maximum atomic E-state index is 14.9. The Bertz CT molecular complexity index is 1570. The Morgan fingerprint density at radius 3 is 2.10 bits per heavy atom. The van der Waals surface area contributed by atoms with Crippen molar-refractivity contribution in [3.8, 4) is 0 Å². The van der Waals surface area contributed by atoms with Crippen molar-refractivity contribution in [2.24, 2.45) is 5.92 Å². The number of hydrogen-bond donors (Lipinski definition) is 0. The predicted octanol–water partition coefficient (Wildman–Crippen LogP) is 5.79. The van der Waals surface area contributed by atoms with Gasteiger partial charge in [-0.05, 0) is 36.6 Å². The first-order chi connectivity index (χ1) is 19.0. The molecule has 0 N–H and O–H groups in total. The smallest absolute Gasteiger partial charge is 0.318 e. The summed E-state index contributed by atoms with van der Waals surface area (Å²) in [4.78, 5) is 45.2. The standard InChI is InChI=1S/C34H29NO4/c1-3-39-32(38)33(26-17-11-6-12-18-26)30(29(36)25-15-9-5-10-16-25)34(33)27-21-23(2)19-20-28(27)35(31(34)37)22-24-13-7-4-8-14-24/h4-21,30H,3,22H2,1-2H3/t30-,33+,34?/m1/s1. The van der Waals surface area contributed by atoms with Crippen molar-refractivity contribution in [3.05, 3.63) is 137 Å². The molecule has 1 spiro atoms. The van der Waals surface area contributed by atoms with E-state index in [0.29, 0.717) is 23.2 Å². The average Bonchev–Trinajstić information content (AvgIpc) is 3.56. The van der Waals surface area contributed by atoms with E-state index in [-0.39, 0.29) is 18.3 Å². The van der Waals surface area contributed by atoms with Gasteiger partial charge in [-0.15, -0.1) is 0 Å². The lowest BCUT2D eigenvalue weighted by molar-refractivity contribution is -0.148. The third-order valence-corrected chi connectivity index (χ3v) is 8.19. The van der Waals surface area contributed by atoms with Crippen molar-refractivity contribution >= 4 is 23.3 Å². The van der Waals surface area contributed by atoms with Gasteiger partial charge in [-0.25, -0.2) is 0 Å². The van der Waals surface area contributed by atoms with Crippen molar-refractivity contribution in [1.82, 2.24) is 0 Å². The number of esters is 1. The predicted molar refractivity (Wildman–Crippen MR) is 150 cm³/mol. The summed E-state index contributed by atoms with van der Waals surface area (Å²) in [5.74, 6) is -2.00. The van der Waals surface area contributed by atoms with Crippen LogP contribution in [0.3, 0.4) is 0 Å². The largest absolute Gasteiger partial charge is 0.465 e. The van der Waals surface area contributed by atoms with Gasteiger partial charge in [0, 0.05) is 11.3 Å². The first-order valence-corrected chi connectivity index (χ1v) is 13.3. The van der Waals surface area contributed by atoms with Crippen LogP contribution in [0.5, 0.6) is 0 Å². The van der Waals surface area contributed by atoms with Crippen LogP contribution < -0.4 is 4.90 Å². The van der Waals surface area contributed by atoms with Crippen molar-refractivity contribution in [2.45, 2.75) is 31.2 Å². The highest BCUT2D eigenvalue weighted by Gasteiger charge is 2.90. The van der Waals surface area contributed by atoms with E-state index in [1.807, 2.05) is 91.9 Å². The topological polar surface area (TPSA) is 63.7 Å². The number of anilines is 1.